The molecule has 1 N–H and O–H groups in total. The van der Waals surface area contributed by atoms with Crippen LogP contribution in [-0.4, -0.2) is 59.1 Å². The number of methoxy groups -OCH3 is 1. The van der Waals surface area contributed by atoms with Crippen molar-refractivity contribution in [3.63, 3.8) is 0 Å². The summed E-state index contributed by atoms with van der Waals surface area (Å²) in [5.74, 6) is -1.43. The first-order valence-corrected chi connectivity index (χ1v) is 10.5. The van der Waals surface area contributed by atoms with Crippen molar-refractivity contribution in [1.82, 2.24) is 19.8 Å². The lowest BCUT2D eigenvalue weighted by atomic mass is 9.82. The number of halogens is 3. The Bertz CT molecular complexity index is 1060. The Morgan fingerprint density at radius 2 is 1.91 bits per heavy atom. The minimum atomic E-state index is -4.92. The van der Waals surface area contributed by atoms with E-state index in [0.29, 0.717) is 55.3 Å². The molecule has 32 heavy (non-hydrogen) atoms. The molecule has 4 rings (SSSR count). The summed E-state index contributed by atoms with van der Waals surface area (Å²) >= 11 is 0. The molecule has 4 heterocycles. The highest BCUT2D eigenvalue weighted by Crippen LogP contribution is 2.40. The summed E-state index contributed by atoms with van der Waals surface area (Å²) in [6, 6.07) is 5.90. The van der Waals surface area contributed by atoms with Gasteiger partial charge in [-0.2, -0.15) is 13.2 Å². The van der Waals surface area contributed by atoms with Gasteiger partial charge in [0.25, 0.3) is 11.7 Å². The number of amides is 1. The van der Waals surface area contributed by atoms with Crippen LogP contribution in [-0.2, 0) is 5.54 Å². The fourth-order valence-electron chi connectivity index (χ4n) is 4.74. The molecule has 0 saturated carbocycles. The molecule has 1 unspecified atom stereocenters. The minimum absolute atomic E-state index is 0. The number of rotatable bonds is 3. The van der Waals surface area contributed by atoms with Crippen LogP contribution in [0.5, 0.6) is 5.75 Å². The molecule has 1 fully saturated rings. The molecule has 7 nitrogen and oxygen atoms in total. The number of aryl methyl sites for hydroxylation is 1. The van der Waals surface area contributed by atoms with Crippen LogP contribution in [0.25, 0.3) is 0 Å². The van der Waals surface area contributed by atoms with Crippen molar-refractivity contribution in [2.24, 2.45) is 0 Å². The molecule has 0 aromatic carbocycles. The van der Waals surface area contributed by atoms with Gasteiger partial charge < -0.3 is 19.5 Å². The van der Waals surface area contributed by atoms with Gasteiger partial charge in [0.2, 0.25) is 0 Å². The van der Waals surface area contributed by atoms with Crippen LogP contribution in [0.4, 0.5) is 13.2 Å². The maximum absolute atomic E-state index is 13.1. The summed E-state index contributed by atoms with van der Waals surface area (Å²) in [6.45, 7) is 4.82. The van der Waals surface area contributed by atoms with E-state index in [0.717, 1.165) is 0 Å². The number of carbonyl (C=O) groups excluding carboxylic acids is 2. The van der Waals surface area contributed by atoms with Gasteiger partial charge in [-0.25, -0.2) is 4.98 Å². The normalized spacial score (nSPS) is 20.2. The highest BCUT2D eigenvalue weighted by Gasteiger charge is 2.47. The Labute approximate surface area is 185 Å². The number of hydrogen-bond donors (Lipinski definition) is 1. The summed E-state index contributed by atoms with van der Waals surface area (Å²) in [7, 11) is 1.54. The van der Waals surface area contributed by atoms with Crippen molar-refractivity contribution in [2.45, 2.75) is 44.4 Å². The summed E-state index contributed by atoms with van der Waals surface area (Å²) < 4.78 is 46.0. The van der Waals surface area contributed by atoms with Gasteiger partial charge in [-0.1, -0.05) is 0 Å². The van der Waals surface area contributed by atoms with E-state index in [1.54, 1.807) is 36.9 Å². The van der Waals surface area contributed by atoms with E-state index in [4.69, 9.17) is 4.74 Å². The number of hydrogen-bond acceptors (Lipinski definition) is 5. The zero-order valence-electron chi connectivity index (χ0n) is 18.1. The van der Waals surface area contributed by atoms with E-state index in [1.165, 1.54) is 17.7 Å². The molecule has 174 valence electrons. The zero-order valence-corrected chi connectivity index (χ0v) is 18.1. The predicted molar refractivity (Wildman–Crippen MR) is 112 cm³/mol. The van der Waals surface area contributed by atoms with Crippen LogP contribution in [0.3, 0.4) is 0 Å². The maximum Gasteiger partial charge on any atom is 0.456 e. The smallest absolute Gasteiger partial charge is 0.456 e. The van der Waals surface area contributed by atoms with Crippen LogP contribution in [0.15, 0.2) is 24.3 Å². The number of alkyl halides is 3. The number of Topliss-reactive ketones (excluding diaryl/α,β-unsaturated/α-hetero) is 1. The summed E-state index contributed by atoms with van der Waals surface area (Å²) in [5.41, 5.74) is 0.684. The number of ether oxygens (including phenoxy) is 1. The van der Waals surface area contributed by atoms with E-state index < -0.39 is 17.5 Å². The molecule has 1 spiro atoms. The second-order valence-electron chi connectivity index (χ2n) is 8.39. The summed E-state index contributed by atoms with van der Waals surface area (Å²) in [4.78, 5) is 30.9. The number of fused-ring (bicyclic) bond motifs is 2. The maximum atomic E-state index is 13.1. The lowest BCUT2D eigenvalue weighted by Crippen LogP contribution is -2.57. The average Bonchev–Trinajstić information content (AvgIpc) is 3.22. The molecule has 0 bridgehead atoms. The summed E-state index contributed by atoms with van der Waals surface area (Å²) in [5, 5.41) is 3.47. The Kier molecular flexibility index (Phi) is 5.52. The van der Waals surface area contributed by atoms with E-state index in [9.17, 15) is 22.8 Å². The molecule has 2 aromatic heterocycles. The Morgan fingerprint density at radius 3 is 2.50 bits per heavy atom. The number of ketones is 1. The molecule has 2 aliphatic rings. The van der Waals surface area contributed by atoms with Gasteiger partial charge in [-0.05, 0) is 51.0 Å². The van der Waals surface area contributed by atoms with Crippen LogP contribution in [0.2, 0.25) is 0 Å². The lowest BCUT2D eigenvalue weighted by molar-refractivity contribution is -0.0892. The van der Waals surface area contributed by atoms with Gasteiger partial charge in [-0.15, -0.1) is 0 Å². The third-order valence-electron chi connectivity index (χ3n) is 6.46. The second-order valence-corrected chi connectivity index (χ2v) is 8.39. The first kappa shape index (κ1) is 22.3. The Hall–Kier alpha value is -2.88. The first-order valence-electron chi connectivity index (χ1n) is 10.5. The third kappa shape index (κ3) is 3.66. The van der Waals surface area contributed by atoms with Crippen molar-refractivity contribution in [1.29, 1.82) is 0 Å². The van der Waals surface area contributed by atoms with Crippen LogP contribution >= 0.6 is 0 Å². The lowest BCUT2D eigenvalue weighted by Gasteiger charge is -2.47. The van der Waals surface area contributed by atoms with Gasteiger partial charge in [0.15, 0.2) is 0 Å². The molecular formula is C22H27F3N4O3. The Balaban J connectivity index is 0.00000306. The fourth-order valence-corrected chi connectivity index (χ4v) is 4.74. The van der Waals surface area contributed by atoms with Gasteiger partial charge >= 0.3 is 6.18 Å². The van der Waals surface area contributed by atoms with Crippen LogP contribution in [0.1, 0.15) is 59.6 Å². The Morgan fingerprint density at radius 1 is 1.22 bits per heavy atom. The molecule has 2 aliphatic heterocycles. The number of nitrogens with one attached hydrogen (secondary N) is 1. The van der Waals surface area contributed by atoms with Crippen molar-refractivity contribution in [2.75, 3.05) is 26.7 Å². The fraction of sp³-hybridized carbons (Fsp3) is 0.500. The molecular weight excluding hydrogens is 425 g/mol. The minimum Gasteiger partial charge on any atom is -0.495 e. The molecule has 0 radical (unpaired) electrons. The monoisotopic (exact) mass is 452 g/mol. The van der Waals surface area contributed by atoms with E-state index in [2.05, 4.69) is 10.3 Å². The average molecular weight is 452 g/mol. The molecule has 2 aromatic rings. The van der Waals surface area contributed by atoms with Gasteiger partial charge in [0.05, 0.1) is 24.0 Å². The largest absolute Gasteiger partial charge is 0.495 e. The van der Waals surface area contributed by atoms with E-state index in [1.807, 2.05) is 0 Å². The molecule has 0 aliphatic carbocycles. The van der Waals surface area contributed by atoms with Crippen molar-refractivity contribution in [3.05, 3.63) is 47.0 Å². The molecule has 1 amide bonds. The van der Waals surface area contributed by atoms with Crippen molar-refractivity contribution >= 4 is 11.7 Å². The van der Waals surface area contributed by atoms with Gasteiger partial charge in [0.1, 0.15) is 11.4 Å². The standard InChI is InChI=1S/C22H25F3N4O3.H2/c1-13-12-26-21(18-7-5-16(29(13)18)19(30)22(23,24)25)8-10-28(11-9-21)20(31)15-4-6-17(32-3)14(2)27-15;/h4-7,13,26H,8-12H2,1-3H3;1H. The first-order chi connectivity index (χ1) is 15.1. The number of piperidine rings is 1. The number of aromatic nitrogens is 2. The van der Waals surface area contributed by atoms with Crippen LogP contribution < -0.4 is 10.1 Å². The number of nitrogens with zero attached hydrogens (tertiary/aromatic N) is 3. The van der Waals surface area contributed by atoms with E-state index >= 15 is 0 Å². The van der Waals surface area contributed by atoms with Crippen molar-refractivity contribution in [3.8, 4) is 5.75 Å². The van der Waals surface area contributed by atoms with Gasteiger partial charge in [0, 0.05) is 32.8 Å². The third-order valence-corrected chi connectivity index (χ3v) is 6.46. The topological polar surface area (TPSA) is 76.5 Å². The quantitative estimate of drug-likeness (QED) is 0.722. The van der Waals surface area contributed by atoms with E-state index in [-0.39, 0.29) is 19.1 Å². The molecule has 1 saturated heterocycles. The second kappa shape index (κ2) is 7.91. The number of pyridine rings is 1. The molecule has 10 heteroatoms. The zero-order chi connectivity index (χ0) is 23.3. The highest BCUT2D eigenvalue weighted by molar-refractivity contribution is 5.99. The molecule has 1 atom stereocenters. The SMILES string of the molecule is COc1ccc(C(=O)N2CCC3(CC2)NCC(C)n2c(C(=O)C(F)(F)F)ccc23)nc1C.[HH]. The predicted octanol–water partition coefficient (Wildman–Crippen LogP) is 3.49. The van der Waals surface area contributed by atoms with Gasteiger partial charge in [-0.3, -0.25) is 9.59 Å². The highest BCUT2D eigenvalue weighted by atomic mass is 19.4. The number of carbonyl (C=O) groups is 2. The summed E-state index contributed by atoms with van der Waals surface area (Å²) in [6.07, 6.45) is -3.89. The number of likely N-dealkylation sites (tertiary alicyclic amines) is 1. The van der Waals surface area contributed by atoms with Crippen LogP contribution in [0, 0.1) is 6.92 Å². The van der Waals surface area contributed by atoms with Crippen molar-refractivity contribution < 1.29 is 28.9 Å².